The number of hydrogen-bond donors (Lipinski definition) is 3. The molecule has 2 rings (SSSR count). The van der Waals surface area contributed by atoms with Crippen molar-refractivity contribution < 1.29 is 4.79 Å². The maximum atomic E-state index is 11.5. The first-order valence-electron chi connectivity index (χ1n) is 7.97. The molecule has 0 aliphatic heterocycles. The van der Waals surface area contributed by atoms with E-state index in [1.807, 2.05) is 36.0 Å². The van der Waals surface area contributed by atoms with Gasteiger partial charge in [0, 0.05) is 37.5 Å². The number of aliphatic imine (C=N–C) groups is 1. The highest BCUT2D eigenvalue weighted by molar-refractivity contribution is 7.99. The molecule has 1 aliphatic carbocycles. The minimum absolute atomic E-state index is 0.0634. The van der Waals surface area contributed by atoms with Gasteiger partial charge in [0.1, 0.15) is 0 Å². The number of carbonyl (C=O) groups excluding carboxylic acids is 1. The molecule has 1 aromatic carbocycles. The minimum atomic E-state index is -0.0634. The van der Waals surface area contributed by atoms with Gasteiger partial charge in [-0.05, 0) is 43.2 Å². The first-order valence-corrected chi connectivity index (χ1v) is 9.26. The molecular weight excluding hydrogens is 308 g/mol. The zero-order valence-electron chi connectivity index (χ0n) is 14.1. The monoisotopic (exact) mass is 334 g/mol. The molecule has 0 aromatic heterocycles. The van der Waals surface area contributed by atoms with Crippen LogP contribution in [-0.2, 0) is 6.54 Å². The number of hydrogen-bond acceptors (Lipinski definition) is 3. The van der Waals surface area contributed by atoms with Crippen LogP contribution in [0.4, 0.5) is 0 Å². The molecule has 126 valence electrons. The Morgan fingerprint density at radius 1 is 1.30 bits per heavy atom. The van der Waals surface area contributed by atoms with Crippen molar-refractivity contribution in [3.8, 4) is 0 Å². The summed E-state index contributed by atoms with van der Waals surface area (Å²) >= 11 is 1.95. The van der Waals surface area contributed by atoms with Gasteiger partial charge in [-0.15, -0.1) is 0 Å². The van der Waals surface area contributed by atoms with Crippen molar-refractivity contribution in [2.24, 2.45) is 4.99 Å². The fraction of sp³-hybridized carbons (Fsp3) is 0.529. The average Bonchev–Trinajstić information content (AvgIpc) is 3.06. The molecule has 3 N–H and O–H groups in total. The average molecular weight is 334 g/mol. The molecule has 1 aliphatic rings. The largest absolute Gasteiger partial charge is 0.355 e. The van der Waals surface area contributed by atoms with Crippen LogP contribution in [0.1, 0.15) is 35.2 Å². The summed E-state index contributed by atoms with van der Waals surface area (Å²) in [5.41, 5.74) is 1.79. The van der Waals surface area contributed by atoms with Crippen LogP contribution in [0.15, 0.2) is 29.3 Å². The van der Waals surface area contributed by atoms with Crippen molar-refractivity contribution in [1.29, 1.82) is 0 Å². The quantitative estimate of drug-likeness (QED) is 0.569. The van der Waals surface area contributed by atoms with E-state index in [1.54, 1.807) is 14.1 Å². The molecule has 0 radical (unpaired) electrons. The second kappa shape index (κ2) is 8.82. The number of carbonyl (C=O) groups is 1. The fourth-order valence-corrected chi connectivity index (χ4v) is 3.57. The summed E-state index contributed by atoms with van der Waals surface area (Å²) in [5, 5.41) is 10.2. The summed E-state index contributed by atoms with van der Waals surface area (Å²) in [6.07, 6.45) is 5.86. The van der Waals surface area contributed by atoms with Gasteiger partial charge in [0.05, 0.1) is 0 Å². The van der Waals surface area contributed by atoms with Gasteiger partial charge < -0.3 is 16.0 Å². The van der Waals surface area contributed by atoms with Crippen LogP contribution in [0.25, 0.3) is 0 Å². The highest BCUT2D eigenvalue weighted by Gasteiger charge is 2.24. The number of rotatable bonds is 5. The Balaban J connectivity index is 1.82. The molecule has 0 spiro atoms. The Kier molecular flexibility index (Phi) is 6.77. The topological polar surface area (TPSA) is 65.5 Å². The van der Waals surface area contributed by atoms with Crippen LogP contribution in [0, 0.1) is 0 Å². The lowest BCUT2D eigenvalue weighted by atomic mass is 10.1. The van der Waals surface area contributed by atoms with Crippen LogP contribution in [0.2, 0.25) is 0 Å². The molecule has 5 nitrogen and oxygen atoms in total. The normalized spacial score (nSPS) is 21.1. The number of guanidine groups is 1. The number of amides is 1. The van der Waals surface area contributed by atoms with Crippen LogP contribution >= 0.6 is 11.8 Å². The lowest BCUT2D eigenvalue weighted by Crippen LogP contribution is -2.42. The maximum absolute atomic E-state index is 11.5. The molecule has 1 aromatic rings. The van der Waals surface area contributed by atoms with Crippen molar-refractivity contribution in [3.63, 3.8) is 0 Å². The zero-order valence-corrected chi connectivity index (χ0v) is 14.9. The van der Waals surface area contributed by atoms with Gasteiger partial charge in [-0.3, -0.25) is 9.79 Å². The lowest BCUT2D eigenvalue weighted by molar-refractivity contribution is 0.0963. The number of thioether (sulfide) groups is 1. The van der Waals surface area contributed by atoms with Crippen LogP contribution in [-0.4, -0.2) is 43.5 Å². The van der Waals surface area contributed by atoms with Crippen LogP contribution < -0.4 is 16.0 Å². The number of benzene rings is 1. The van der Waals surface area contributed by atoms with Crippen LogP contribution in [0.3, 0.4) is 0 Å². The van der Waals surface area contributed by atoms with Crippen molar-refractivity contribution in [2.75, 3.05) is 20.4 Å². The van der Waals surface area contributed by atoms with Crippen molar-refractivity contribution in [3.05, 3.63) is 35.4 Å². The summed E-state index contributed by atoms with van der Waals surface area (Å²) in [5.74, 6) is 0.777. The van der Waals surface area contributed by atoms with Crippen molar-refractivity contribution >= 4 is 23.6 Å². The van der Waals surface area contributed by atoms with Gasteiger partial charge in [0.15, 0.2) is 5.96 Å². The van der Waals surface area contributed by atoms with E-state index < -0.39 is 0 Å². The van der Waals surface area contributed by atoms with E-state index in [2.05, 4.69) is 27.2 Å². The third-order valence-electron chi connectivity index (χ3n) is 4.19. The van der Waals surface area contributed by atoms with E-state index in [4.69, 9.17) is 0 Å². The van der Waals surface area contributed by atoms with Gasteiger partial charge in [-0.25, -0.2) is 0 Å². The highest BCUT2D eigenvalue weighted by Crippen LogP contribution is 2.27. The Hall–Kier alpha value is -1.69. The third-order valence-corrected chi connectivity index (χ3v) is 5.28. The predicted octanol–water partition coefficient (Wildman–Crippen LogP) is 2.00. The highest BCUT2D eigenvalue weighted by atomic mass is 32.2. The third kappa shape index (κ3) is 5.16. The lowest BCUT2D eigenvalue weighted by Gasteiger charge is -2.17. The molecule has 1 saturated carbocycles. The molecule has 1 fully saturated rings. The summed E-state index contributed by atoms with van der Waals surface area (Å²) in [4.78, 5) is 15.8. The van der Waals surface area contributed by atoms with Crippen molar-refractivity contribution in [1.82, 2.24) is 16.0 Å². The summed E-state index contributed by atoms with van der Waals surface area (Å²) in [6, 6.07) is 8.11. The second-order valence-corrected chi connectivity index (χ2v) is 6.85. The standard InChI is InChI=1S/C17H26N4OS/c1-18-16(22)13-6-4-12(5-7-13)11-20-17(19-2)21-14-8-9-15(10-14)23-3/h4-7,14-15H,8-11H2,1-3H3,(H,18,22)(H2,19,20,21). The molecule has 0 heterocycles. The Labute approximate surface area is 142 Å². The Bertz CT molecular complexity index is 544. The fourth-order valence-electron chi connectivity index (χ4n) is 2.78. The molecule has 2 atom stereocenters. The minimum Gasteiger partial charge on any atom is -0.355 e. The van der Waals surface area contributed by atoms with Crippen LogP contribution in [0.5, 0.6) is 0 Å². The van der Waals surface area contributed by atoms with E-state index in [-0.39, 0.29) is 5.91 Å². The maximum Gasteiger partial charge on any atom is 0.251 e. The number of nitrogens with one attached hydrogen (secondary N) is 3. The first kappa shape index (κ1) is 17.7. The van der Waals surface area contributed by atoms with E-state index in [9.17, 15) is 4.79 Å². The summed E-state index contributed by atoms with van der Waals surface area (Å²) < 4.78 is 0. The molecule has 1 amide bonds. The van der Waals surface area contributed by atoms with E-state index in [1.165, 1.54) is 19.3 Å². The van der Waals surface area contributed by atoms with E-state index >= 15 is 0 Å². The summed E-state index contributed by atoms with van der Waals surface area (Å²) in [6.45, 7) is 0.687. The summed E-state index contributed by atoms with van der Waals surface area (Å²) in [7, 11) is 3.43. The molecule has 23 heavy (non-hydrogen) atoms. The smallest absolute Gasteiger partial charge is 0.251 e. The Morgan fingerprint density at radius 2 is 2.04 bits per heavy atom. The van der Waals surface area contributed by atoms with E-state index in [0.717, 1.165) is 16.8 Å². The van der Waals surface area contributed by atoms with Gasteiger partial charge in [-0.1, -0.05) is 12.1 Å². The number of nitrogens with zero attached hydrogens (tertiary/aromatic N) is 1. The molecule has 0 saturated heterocycles. The second-order valence-electron chi connectivity index (χ2n) is 5.71. The Morgan fingerprint density at radius 3 is 2.61 bits per heavy atom. The van der Waals surface area contributed by atoms with Gasteiger partial charge in [-0.2, -0.15) is 11.8 Å². The van der Waals surface area contributed by atoms with E-state index in [0.29, 0.717) is 18.2 Å². The van der Waals surface area contributed by atoms with Gasteiger partial charge in [0.25, 0.3) is 5.91 Å². The molecule has 6 heteroatoms. The SMILES string of the molecule is CN=C(NCc1ccc(C(=O)NC)cc1)NC1CCC(SC)C1. The molecular formula is C17H26N4OS. The first-order chi connectivity index (χ1) is 11.2. The van der Waals surface area contributed by atoms with Gasteiger partial charge >= 0.3 is 0 Å². The van der Waals surface area contributed by atoms with Crippen molar-refractivity contribution in [2.45, 2.75) is 37.1 Å². The zero-order chi connectivity index (χ0) is 16.7. The molecule has 2 unspecified atom stereocenters. The van der Waals surface area contributed by atoms with Gasteiger partial charge in [0.2, 0.25) is 0 Å². The predicted molar refractivity (Wildman–Crippen MR) is 98.1 cm³/mol. The molecule has 0 bridgehead atoms.